The lowest BCUT2D eigenvalue weighted by Crippen LogP contribution is -2.31. The summed E-state index contributed by atoms with van der Waals surface area (Å²) in [4.78, 5) is 6.71. The quantitative estimate of drug-likeness (QED) is 0.451. The van der Waals surface area contributed by atoms with Gasteiger partial charge in [-0.05, 0) is 40.2 Å². The Morgan fingerprint density at radius 1 is 1.21 bits per heavy atom. The van der Waals surface area contributed by atoms with Gasteiger partial charge in [0.1, 0.15) is 0 Å². The molecule has 1 aromatic rings. The van der Waals surface area contributed by atoms with Crippen molar-refractivity contribution in [1.82, 2.24) is 4.90 Å². The van der Waals surface area contributed by atoms with E-state index >= 15 is 0 Å². The summed E-state index contributed by atoms with van der Waals surface area (Å²) in [5.74, 6) is 0. The fourth-order valence-corrected chi connectivity index (χ4v) is 2.48. The van der Waals surface area contributed by atoms with Crippen LogP contribution in [-0.2, 0) is 0 Å². The molecule has 0 aliphatic rings. The molecule has 0 heterocycles. The number of nitrogens with zero attached hydrogens (tertiary/aromatic N) is 2. The van der Waals surface area contributed by atoms with Crippen molar-refractivity contribution in [3.63, 3.8) is 0 Å². The van der Waals surface area contributed by atoms with Crippen LogP contribution in [0.4, 0.5) is 0 Å². The Labute approximate surface area is 149 Å². The maximum absolute atomic E-state index is 4.35. The monoisotopic (exact) mass is 326 g/mol. The fraction of sp³-hybridized carbons (Fsp3) is 0.409. The molecule has 1 atom stereocenters. The lowest BCUT2D eigenvalue weighted by atomic mass is 9.97. The SMILES string of the molecule is C=C(c1cc(C)ccc1C(C)=NC)N(CC)C(C)CC.C=CC=C. The smallest absolute Gasteiger partial charge is 0.0392 e. The van der Waals surface area contributed by atoms with E-state index in [1.54, 1.807) is 12.2 Å². The van der Waals surface area contributed by atoms with Crippen molar-refractivity contribution in [3.8, 4) is 0 Å². The van der Waals surface area contributed by atoms with Crippen LogP contribution in [0.3, 0.4) is 0 Å². The first-order chi connectivity index (χ1) is 11.4. The number of rotatable bonds is 7. The molecule has 0 aliphatic carbocycles. The second kappa shape index (κ2) is 11.4. The van der Waals surface area contributed by atoms with Crippen LogP contribution < -0.4 is 0 Å². The standard InChI is InChI=1S/C18H28N2.C4H6/c1-8-14(4)20(9-2)16(6)18-12-13(3)10-11-17(18)15(5)19-7;1-3-4-2/h10-12,14H,6,8-9H2,1-5,7H3;3-4H,1-2H2. The predicted molar refractivity (Wildman–Crippen MR) is 111 cm³/mol. The summed E-state index contributed by atoms with van der Waals surface area (Å²) in [6, 6.07) is 7.01. The first kappa shape index (κ1) is 21.9. The molecule has 2 heteroatoms. The van der Waals surface area contributed by atoms with Crippen LogP contribution in [0.1, 0.15) is 50.8 Å². The Balaban J connectivity index is 0.00000118. The van der Waals surface area contributed by atoms with Crippen LogP contribution in [-0.4, -0.2) is 30.2 Å². The zero-order valence-corrected chi connectivity index (χ0v) is 16.4. The molecule has 0 aromatic heterocycles. The first-order valence-corrected chi connectivity index (χ1v) is 8.61. The lowest BCUT2D eigenvalue weighted by molar-refractivity contribution is 0.319. The highest BCUT2D eigenvalue weighted by molar-refractivity contribution is 6.02. The maximum Gasteiger partial charge on any atom is 0.0392 e. The third kappa shape index (κ3) is 6.19. The molecule has 0 amide bonds. The summed E-state index contributed by atoms with van der Waals surface area (Å²) >= 11 is 0. The molecule has 0 aliphatic heterocycles. The highest BCUT2D eigenvalue weighted by Gasteiger charge is 2.17. The molecule has 1 rings (SSSR count). The Hall–Kier alpha value is -2.09. The van der Waals surface area contributed by atoms with Crippen LogP contribution in [0.2, 0.25) is 0 Å². The molecular weight excluding hydrogens is 292 g/mol. The summed E-state index contributed by atoms with van der Waals surface area (Å²) in [6.45, 7) is 22.9. The minimum Gasteiger partial charge on any atom is -0.369 e. The second-order valence-corrected chi connectivity index (χ2v) is 5.82. The van der Waals surface area contributed by atoms with Gasteiger partial charge in [0.25, 0.3) is 0 Å². The predicted octanol–water partition coefficient (Wildman–Crippen LogP) is 5.88. The van der Waals surface area contributed by atoms with Crippen molar-refractivity contribution in [3.05, 3.63) is 66.8 Å². The van der Waals surface area contributed by atoms with Crippen LogP contribution in [0.5, 0.6) is 0 Å². The van der Waals surface area contributed by atoms with E-state index in [0.717, 1.165) is 24.4 Å². The largest absolute Gasteiger partial charge is 0.369 e. The molecular formula is C22H34N2. The fourth-order valence-electron chi connectivity index (χ4n) is 2.48. The van der Waals surface area contributed by atoms with E-state index < -0.39 is 0 Å². The first-order valence-electron chi connectivity index (χ1n) is 8.61. The Morgan fingerprint density at radius 3 is 2.21 bits per heavy atom. The van der Waals surface area contributed by atoms with Gasteiger partial charge < -0.3 is 4.90 Å². The third-order valence-corrected chi connectivity index (χ3v) is 4.19. The normalized spacial score (nSPS) is 11.8. The van der Waals surface area contributed by atoms with E-state index in [1.165, 1.54) is 16.7 Å². The highest BCUT2D eigenvalue weighted by atomic mass is 15.2. The van der Waals surface area contributed by atoms with Gasteiger partial charge in [0.15, 0.2) is 0 Å². The summed E-state index contributed by atoms with van der Waals surface area (Å²) in [6.07, 6.45) is 4.40. The molecule has 0 spiro atoms. The van der Waals surface area contributed by atoms with E-state index in [2.05, 4.69) is 82.4 Å². The van der Waals surface area contributed by atoms with Crippen LogP contribution >= 0.6 is 0 Å². The van der Waals surface area contributed by atoms with Crippen molar-refractivity contribution in [1.29, 1.82) is 0 Å². The molecule has 0 bridgehead atoms. The molecule has 1 aromatic carbocycles. The Kier molecular flexibility index (Phi) is 10.4. The minimum absolute atomic E-state index is 0.500. The van der Waals surface area contributed by atoms with Crippen molar-refractivity contribution >= 4 is 11.4 Å². The average molecular weight is 327 g/mol. The Bertz CT molecular complexity index is 576. The number of allylic oxidation sites excluding steroid dienone is 2. The maximum atomic E-state index is 4.35. The number of hydrogen-bond acceptors (Lipinski definition) is 2. The van der Waals surface area contributed by atoms with E-state index in [9.17, 15) is 0 Å². The molecule has 0 fully saturated rings. The zero-order chi connectivity index (χ0) is 18.7. The highest BCUT2D eigenvalue weighted by Crippen LogP contribution is 2.26. The molecule has 0 radical (unpaired) electrons. The molecule has 24 heavy (non-hydrogen) atoms. The number of hydrogen-bond donors (Lipinski definition) is 0. The van der Waals surface area contributed by atoms with Crippen LogP contribution in [0.15, 0.2) is 55.1 Å². The van der Waals surface area contributed by atoms with Gasteiger partial charge in [-0.3, -0.25) is 4.99 Å². The summed E-state index contributed by atoms with van der Waals surface area (Å²) < 4.78 is 0. The molecule has 0 saturated heterocycles. The molecule has 1 unspecified atom stereocenters. The zero-order valence-electron chi connectivity index (χ0n) is 16.4. The van der Waals surface area contributed by atoms with E-state index in [0.29, 0.717) is 6.04 Å². The lowest BCUT2D eigenvalue weighted by Gasteiger charge is -2.32. The van der Waals surface area contributed by atoms with Gasteiger partial charge in [0.05, 0.1) is 0 Å². The second-order valence-electron chi connectivity index (χ2n) is 5.82. The van der Waals surface area contributed by atoms with Gasteiger partial charge in [-0.2, -0.15) is 0 Å². The summed E-state index contributed by atoms with van der Waals surface area (Å²) in [5.41, 5.74) is 5.80. The van der Waals surface area contributed by atoms with E-state index in [1.807, 2.05) is 7.05 Å². The van der Waals surface area contributed by atoms with Gasteiger partial charge in [-0.1, -0.05) is 56.5 Å². The summed E-state index contributed by atoms with van der Waals surface area (Å²) in [5, 5.41) is 0. The minimum atomic E-state index is 0.500. The third-order valence-electron chi connectivity index (χ3n) is 4.19. The Morgan fingerprint density at radius 2 is 1.79 bits per heavy atom. The number of aryl methyl sites for hydroxylation is 1. The van der Waals surface area contributed by atoms with Gasteiger partial charge in [-0.25, -0.2) is 0 Å². The van der Waals surface area contributed by atoms with Crippen molar-refractivity contribution in [2.24, 2.45) is 4.99 Å². The number of aliphatic imine (C=N–C) groups is 1. The van der Waals surface area contributed by atoms with Crippen molar-refractivity contribution in [2.45, 2.75) is 47.1 Å². The van der Waals surface area contributed by atoms with Gasteiger partial charge >= 0.3 is 0 Å². The van der Waals surface area contributed by atoms with Gasteiger partial charge in [0.2, 0.25) is 0 Å². The topological polar surface area (TPSA) is 15.6 Å². The molecule has 132 valence electrons. The van der Waals surface area contributed by atoms with Crippen LogP contribution in [0.25, 0.3) is 5.70 Å². The van der Waals surface area contributed by atoms with E-state index in [4.69, 9.17) is 0 Å². The number of benzene rings is 1. The molecule has 0 N–H and O–H groups in total. The van der Waals surface area contributed by atoms with Crippen molar-refractivity contribution < 1.29 is 0 Å². The van der Waals surface area contributed by atoms with Crippen molar-refractivity contribution in [2.75, 3.05) is 13.6 Å². The van der Waals surface area contributed by atoms with Crippen LogP contribution in [0, 0.1) is 6.92 Å². The van der Waals surface area contributed by atoms with Gasteiger partial charge in [-0.15, -0.1) is 0 Å². The summed E-state index contributed by atoms with van der Waals surface area (Å²) in [7, 11) is 1.84. The van der Waals surface area contributed by atoms with E-state index in [-0.39, 0.29) is 0 Å². The molecule has 2 nitrogen and oxygen atoms in total. The molecule has 0 saturated carbocycles. The average Bonchev–Trinajstić information content (AvgIpc) is 2.61. The van der Waals surface area contributed by atoms with Gasteiger partial charge in [0, 0.05) is 42.2 Å².